The highest BCUT2D eigenvalue weighted by atomic mass is 32.1. The van der Waals surface area contributed by atoms with Crippen LogP contribution < -0.4 is 5.32 Å². The summed E-state index contributed by atoms with van der Waals surface area (Å²) < 4.78 is 0. The van der Waals surface area contributed by atoms with Crippen molar-refractivity contribution in [2.24, 2.45) is 0 Å². The standard InChI is InChI=1S/C12H19NO2S/c1-4-9-6-7-10(16-9)11(15)13-12(3,5-2)8-14/h6-7,14H,4-5,8H2,1-3H3,(H,13,15). The fourth-order valence-electron chi connectivity index (χ4n) is 1.27. The maximum Gasteiger partial charge on any atom is 0.261 e. The molecule has 1 amide bonds. The number of hydrogen-bond donors (Lipinski definition) is 2. The largest absolute Gasteiger partial charge is 0.394 e. The number of aliphatic hydroxyl groups excluding tert-OH is 1. The lowest BCUT2D eigenvalue weighted by Crippen LogP contribution is -2.48. The van der Waals surface area contributed by atoms with E-state index in [0.29, 0.717) is 11.3 Å². The highest BCUT2D eigenvalue weighted by molar-refractivity contribution is 7.14. The Morgan fingerprint density at radius 2 is 2.19 bits per heavy atom. The van der Waals surface area contributed by atoms with Gasteiger partial charge in [0.1, 0.15) is 0 Å². The third kappa shape index (κ3) is 3.06. The number of aryl methyl sites for hydroxylation is 1. The molecule has 0 bridgehead atoms. The van der Waals surface area contributed by atoms with E-state index in [1.165, 1.54) is 16.2 Å². The molecule has 0 aliphatic heterocycles. The summed E-state index contributed by atoms with van der Waals surface area (Å²) in [5.41, 5.74) is -0.520. The number of amides is 1. The zero-order chi connectivity index (χ0) is 12.2. The molecule has 1 aromatic rings. The van der Waals surface area contributed by atoms with Gasteiger partial charge in [-0.15, -0.1) is 11.3 Å². The highest BCUT2D eigenvalue weighted by Crippen LogP contribution is 2.18. The zero-order valence-corrected chi connectivity index (χ0v) is 10.9. The Bertz CT molecular complexity index is 356. The maximum absolute atomic E-state index is 11.9. The second-order valence-corrected chi connectivity index (χ2v) is 5.31. The summed E-state index contributed by atoms with van der Waals surface area (Å²) in [5.74, 6) is -0.0944. The molecule has 0 aliphatic rings. The summed E-state index contributed by atoms with van der Waals surface area (Å²) in [6, 6.07) is 3.81. The number of carbonyl (C=O) groups is 1. The summed E-state index contributed by atoms with van der Waals surface area (Å²) in [6.45, 7) is 5.82. The van der Waals surface area contributed by atoms with Gasteiger partial charge in [-0.1, -0.05) is 13.8 Å². The lowest BCUT2D eigenvalue weighted by molar-refractivity contribution is 0.0851. The Labute approximate surface area is 100 Å². The van der Waals surface area contributed by atoms with Crippen LogP contribution >= 0.6 is 11.3 Å². The van der Waals surface area contributed by atoms with E-state index in [2.05, 4.69) is 12.2 Å². The number of nitrogens with one attached hydrogen (secondary N) is 1. The summed E-state index contributed by atoms with van der Waals surface area (Å²) >= 11 is 1.51. The van der Waals surface area contributed by atoms with Crippen molar-refractivity contribution in [3.8, 4) is 0 Å². The minimum atomic E-state index is -0.520. The lowest BCUT2D eigenvalue weighted by atomic mass is 10.0. The van der Waals surface area contributed by atoms with Gasteiger partial charge in [-0.2, -0.15) is 0 Å². The molecular weight excluding hydrogens is 222 g/mol. The number of carbonyl (C=O) groups excluding carboxylic acids is 1. The molecule has 1 rings (SSSR count). The van der Waals surface area contributed by atoms with Crippen molar-refractivity contribution < 1.29 is 9.90 Å². The third-order valence-corrected chi connectivity index (χ3v) is 4.01. The van der Waals surface area contributed by atoms with Gasteiger partial charge in [-0.25, -0.2) is 0 Å². The minimum Gasteiger partial charge on any atom is -0.394 e. The van der Waals surface area contributed by atoms with E-state index in [-0.39, 0.29) is 12.5 Å². The van der Waals surface area contributed by atoms with Gasteiger partial charge in [-0.05, 0) is 31.9 Å². The minimum absolute atomic E-state index is 0.0404. The Hall–Kier alpha value is -0.870. The molecule has 1 unspecified atom stereocenters. The van der Waals surface area contributed by atoms with Crippen LogP contribution in [0.2, 0.25) is 0 Å². The van der Waals surface area contributed by atoms with E-state index in [1.54, 1.807) is 0 Å². The fourth-order valence-corrected chi connectivity index (χ4v) is 2.11. The van der Waals surface area contributed by atoms with Crippen molar-refractivity contribution in [2.75, 3.05) is 6.61 Å². The lowest BCUT2D eigenvalue weighted by Gasteiger charge is -2.26. The Kier molecular flexibility index (Phi) is 4.50. The first-order valence-corrected chi connectivity index (χ1v) is 6.38. The van der Waals surface area contributed by atoms with Crippen LogP contribution in [0.3, 0.4) is 0 Å². The predicted octanol–water partition coefficient (Wildman–Crippen LogP) is 2.20. The van der Waals surface area contributed by atoms with Gasteiger partial charge >= 0.3 is 0 Å². The van der Waals surface area contributed by atoms with Crippen LogP contribution in [-0.2, 0) is 6.42 Å². The Balaban J connectivity index is 2.71. The van der Waals surface area contributed by atoms with Gasteiger partial charge < -0.3 is 10.4 Å². The quantitative estimate of drug-likeness (QED) is 0.830. The first-order chi connectivity index (χ1) is 7.54. The number of rotatable bonds is 5. The predicted molar refractivity (Wildman–Crippen MR) is 66.9 cm³/mol. The van der Waals surface area contributed by atoms with Gasteiger partial charge in [0.05, 0.1) is 17.0 Å². The van der Waals surface area contributed by atoms with Crippen molar-refractivity contribution in [3.05, 3.63) is 21.9 Å². The van der Waals surface area contributed by atoms with Crippen LogP contribution in [0, 0.1) is 0 Å². The first kappa shape index (κ1) is 13.2. The van der Waals surface area contributed by atoms with Crippen LogP contribution in [-0.4, -0.2) is 23.2 Å². The molecule has 1 atom stereocenters. The number of thiophene rings is 1. The van der Waals surface area contributed by atoms with E-state index >= 15 is 0 Å². The van der Waals surface area contributed by atoms with Gasteiger partial charge in [0, 0.05) is 4.88 Å². The van der Waals surface area contributed by atoms with Crippen molar-refractivity contribution in [1.82, 2.24) is 5.32 Å². The van der Waals surface area contributed by atoms with E-state index < -0.39 is 5.54 Å². The molecule has 2 N–H and O–H groups in total. The van der Waals surface area contributed by atoms with Crippen LogP contribution in [0.25, 0.3) is 0 Å². The second-order valence-electron chi connectivity index (χ2n) is 4.15. The zero-order valence-electron chi connectivity index (χ0n) is 10.0. The van der Waals surface area contributed by atoms with Crippen molar-refractivity contribution >= 4 is 17.2 Å². The van der Waals surface area contributed by atoms with E-state index in [4.69, 9.17) is 0 Å². The molecule has 0 spiro atoms. The van der Waals surface area contributed by atoms with E-state index in [0.717, 1.165) is 6.42 Å². The van der Waals surface area contributed by atoms with Crippen molar-refractivity contribution in [1.29, 1.82) is 0 Å². The van der Waals surface area contributed by atoms with Gasteiger partial charge in [0.15, 0.2) is 0 Å². The fraction of sp³-hybridized carbons (Fsp3) is 0.583. The summed E-state index contributed by atoms with van der Waals surface area (Å²) in [5, 5.41) is 12.1. The third-order valence-electron chi connectivity index (χ3n) is 2.78. The average molecular weight is 241 g/mol. The molecule has 1 heterocycles. The molecule has 3 nitrogen and oxygen atoms in total. The monoisotopic (exact) mass is 241 g/mol. The molecule has 0 saturated carbocycles. The second kappa shape index (κ2) is 5.46. The van der Waals surface area contributed by atoms with Crippen LogP contribution in [0.15, 0.2) is 12.1 Å². The maximum atomic E-state index is 11.9. The normalized spacial score (nSPS) is 14.5. The average Bonchev–Trinajstić information content (AvgIpc) is 2.77. The van der Waals surface area contributed by atoms with Crippen LogP contribution in [0.1, 0.15) is 41.7 Å². The molecule has 1 aromatic heterocycles. The summed E-state index contributed by atoms with van der Waals surface area (Å²) in [4.78, 5) is 13.8. The molecular formula is C12H19NO2S. The van der Waals surface area contributed by atoms with Gasteiger partial charge in [0.25, 0.3) is 5.91 Å². The smallest absolute Gasteiger partial charge is 0.261 e. The number of aliphatic hydroxyl groups is 1. The van der Waals surface area contributed by atoms with Crippen LogP contribution in [0.4, 0.5) is 0 Å². The molecule has 0 saturated heterocycles. The van der Waals surface area contributed by atoms with E-state index in [9.17, 15) is 9.90 Å². The molecule has 16 heavy (non-hydrogen) atoms. The number of hydrogen-bond acceptors (Lipinski definition) is 3. The molecule has 90 valence electrons. The summed E-state index contributed by atoms with van der Waals surface area (Å²) in [6.07, 6.45) is 1.66. The van der Waals surface area contributed by atoms with Crippen molar-refractivity contribution in [2.45, 2.75) is 39.2 Å². The van der Waals surface area contributed by atoms with E-state index in [1.807, 2.05) is 26.0 Å². The molecule has 0 aromatic carbocycles. The van der Waals surface area contributed by atoms with Crippen LogP contribution in [0.5, 0.6) is 0 Å². The Morgan fingerprint density at radius 1 is 1.50 bits per heavy atom. The van der Waals surface area contributed by atoms with Gasteiger partial charge in [0.2, 0.25) is 0 Å². The van der Waals surface area contributed by atoms with Gasteiger partial charge in [-0.3, -0.25) is 4.79 Å². The molecule has 0 aliphatic carbocycles. The van der Waals surface area contributed by atoms with Crippen molar-refractivity contribution in [3.63, 3.8) is 0 Å². The SMILES string of the molecule is CCc1ccc(C(=O)NC(C)(CC)CO)s1. The topological polar surface area (TPSA) is 49.3 Å². The molecule has 0 fully saturated rings. The Morgan fingerprint density at radius 3 is 2.62 bits per heavy atom. The first-order valence-electron chi connectivity index (χ1n) is 5.56. The summed E-state index contributed by atoms with van der Waals surface area (Å²) in [7, 11) is 0. The molecule has 4 heteroatoms. The highest BCUT2D eigenvalue weighted by Gasteiger charge is 2.24. The molecule has 0 radical (unpaired) electrons.